The van der Waals surface area contributed by atoms with Crippen molar-refractivity contribution in [3.63, 3.8) is 0 Å². The summed E-state index contributed by atoms with van der Waals surface area (Å²) in [7, 11) is -3.72. The molecule has 0 saturated heterocycles. The van der Waals surface area contributed by atoms with Crippen molar-refractivity contribution in [1.29, 1.82) is 0 Å². The molecule has 2 amide bonds. The Morgan fingerprint density at radius 2 is 1.71 bits per heavy atom. The molecule has 0 unspecified atom stereocenters. The van der Waals surface area contributed by atoms with Gasteiger partial charge in [-0.1, -0.05) is 61.7 Å². The van der Waals surface area contributed by atoms with Crippen LogP contribution in [0, 0.1) is 6.92 Å². The van der Waals surface area contributed by atoms with Crippen molar-refractivity contribution in [2.75, 3.05) is 17.1 Å². The number of aryl methyl sites for hydroxylation is 1. The number of nitrogens with one attached hydrogen (secondary N) is 1. The van der Waals surface area contributed by atoms with Gasteiger partial charge in [0.05, 0.1) is 11.9 Å². The Morgan fingerprint density at radius 1 is 1.03 bits per heavy atom. The topological polar surface area (TPSA) is 86.8 Å². The van der Waals surface area contributed by atoms with Gasteiger partial charge in [0.15, 0.2) is 0 Å². The number of sulfonamides is 1. The molecule has 0 radical (unpaired) electrons. The Labute approximate surface area is 203 Å². The van der Waals surface area contributed by atoms with Crippen LogP contribution in [0.1, 0.15) is 50.2 Å². The van der Waals surface area contributed by atoms with E-state index in [1.807, 2.05) is 43.3 Å². The number of carbonyl (C=O) groups is 2. The molecule has 1 aliphatic carbocycles. The number of hydrogen-bond acceptors (Lipinski definition) is 4. The molecule has 2 aromatic carbocycles. The Balaban J connectivity index is 1.84. The summed E-state index contributed by atoms with van der Waals surface area (Å²) in [5, 5.41) is 3.10. The highest BCUT2D eigenvalue weighted by molar-refractivity contribution is 7.92. The predicted molar refractivity (Wildman–Crippen MR) is 135 cm³/mol. The number of anilines is 1. The summed E-state index contributed by atoms with van der Waals surface area (Å²) < 4.78 is 26.3. The zero-order chi connectivity index (χ0) is 24.7. The zero-order valence-electron chi connectivity index (χ0n) is 20.2. The lowest BCUT2D eigenvalue weighted by molar-refractivity contribution is -0.139. The maximum atomic E-state index is 13.5. The van der Waals surface area contributed by atoms with Crippen molar-refractivity contribution in [2.24, 2.45) is 0 Å². The first-order valence-electron chi connectivity index (χ1n) is 11.8. The van der Waals surface area contributed by atoms with Crippen molar-refractivity contribution in [3.8, 4) is 0 Å². The number of benzene rings is 2. The predicted octanol–water partition coefficient (Wildman–Crippen LogP) is 3.63. The van der Waals surface area contributed by atoms with E-state index in [1.54, 1.807) is 25.1 Å². The van der Waals surface area contributed by atoms with Crippen LogP contribution in [-0.4, -0.2) is 50.0 Å². The summed E-state index contributed by atoms with van der Waals surface area (Å²) >= 11 is 0. The van der Waals surface area contributed by atoms with Gasteiger partial charge in [0.2, 0.25) is 21.8 Å². The summed E-state index contributed by atoms with van der Waals surface area (Å²) in [6, 6.07) is 15.8. The fourth-order valence-electron chi connectivity index (χ4n) is 4.33. The molecule has 34 heavy (non-hydrogen) atoms. The van der Waals surface area contributed by atoms with E-state index in [0.717, 1.165) is 47.4 Å². The molecule has 2 aromatic rings. The number of amides is 2. The maximum Gasteiger partial charge on any atom is 0.244 e. The van der Waals surface area contributed by atoms with Crippen LogP contribution in [0.4, 0.5) is 5.69 Å². The molecule has 1 fully saturated rings. The summed E-state index contributed by atoms with van der Waals surface area (Å²) in [5.74, 6) is -0.639. The average Bonchev–Trinajstić information content (AvgIpc) is 2.81. The standard InChI is InChI=1S/C26H35N3O4S/c1-20-11-10-16-24(17-20)29(34(3,32)33)19-25(30)28(18-22-12-6-4-7-13-22)21(2)26(31)27-23-14-8-5-9-15-23/h4,6-7,10-13,16-17,21,23H,5,8-9,14-15,18-19H2,1-3H3,(H,27,31)/t21-/m1/s1. The minimum atomic E-state index is -3.72. The normalized spacial score (nSPS) is 15.4. The number of rotatable bonds is 9. The van der Waals surface area contributed by atoms with Gasteiger partial charge in [0.25, 0.3) is 0 Å². The monoisotopic (exact) mass is 485 g/mol. The fraction of sp³-hybridized carbons (Fsp3) is 0.462. The van der Waals surface area contributed by atoms with Gasteiger partial charge in [-0.15, -0.1) is 0 Å². The molecular weight excluding hydrogens is 450 g/mol. The smallest absolute Gasteiger partial charge is 0.244 e. The molecule has 0 heterocycles. The van der Waals surface area contributed by atoms with E-state index < -0.39 is 22.0 Å². The van der Waals surface area contributed by atoms with E-state index in [1.165, 1.54) is 11.3 Å². The molecular formula is C26H35N3O4S. The van der Waals surface area contributed by atoms with Crippen LogP contribution in [0.5, 0.6) is 0 Å². The minimum absolute atomic E-state index is 0.122. The molecule has 8 heteroatoms. The quantitative estimate of drug-likeness (QED) is 0.588. The van der Waals surface area contributed by atoms with Crippen LogP contribution in [0.15, 0.2) is 54.6 Å². The van der Waals surface area contributed by atoms with Crippen molar-refractivity contribution in [1.82, 2.24) is 10.2 Å². The second-order valence-corrected chi connectivity index (χ2v) is 11.0. The van der Waals surface area contributed by atoms with E-state index in [4.69, 9.17) is 0 Å². The molecule has 184 valence electrons. The van der Waals surface area contributed by atoms with Crippen LogP contribution in [0.3, 0.4) is 0 Å². The van der Waals surface area contributed by atoms with Gasteiger partial charge in [-0.3, -0.25) is 13.9 Å². The van der Waals surface area contributed by atoms with Gasteiger partial charge in [-0.05, 0) is 49.9 Å². The second-order valence-electron chi connectivity index (χ2n) is 9.14. The average molecular weight is 486 g/mol. The summed E-state index contributed by atoms with van der Waals surface area (Å²) in [5.41, 5.74) is 2.18. The summed E-state index contributed by atoms with van der Waals surface area (Å²) in [6.45, 7) is 3.40. The first-order chi connectivity index (χ1) is 16.1. The van der Waals surface area contributed by atoms with Crippen LogP contribution in [0.2, 0.25) is 0 Å². The lowest BCUT2D eigenvalue weighted by Crippen LogP contribution is -2.52. The van der Waals surface area contributed by atoms with Crippen LogP contribution in [-0.2, 0) is 26.2 Å². The Kier molecular flexibility index (Phi) is 8.72. The second kappa shape index (κ2) is 11.5. The SMILES string of the molecule is Cc1cccc(N(CC(=O)N(Cc2ccccc2)[C@H](C)C(=O)NC2CCCCC2)S(C)(=O)=O)c1. The Bertz CT molecular complexity index is 1080. The van der Waals surface area contributed by atoms with Gasteiger partial charge in [-0.25, -0.2) is 8.42 Å². The van der Waals surface area contributed by atoms with Gasteiger partial charge < -0.3 is 10.2 Å². The van der Waals surface area contributed by atoms with Gasteiger partial charge >= 0.3 is 0 Å². The molecule has 1 aliphatic rings. The van der Waals surface area contributed by atoms with Crippen molar-refractivity contribution in [3.05, 3.63) is 65.7 Å². The lowest BCUT2D eigenvalue weighted by Gasteiger charge is -2.33. The molecule has 0 bridgehead atoms. The van der Waals surface area contributed by atoms with Crippen molar-refractivity contribution >= 4 is 27.5 Å². The highest BCUT2D eigenvalue weighted by Gasteiger charge is 2.31. The van der Waals surface area contributed by atoms with E-state index >= 15 is 0 Å². The van der Waals surface area contributed by atoms with E-state index in [0.29, 0.717) is 5.69 Å². The van der Waals surface area contributed by atoms with E-state index in [-0.39, 0.29) is 25.0 Å². The third kappa shape index (κ3) is 7.06. The van der Waals surface area contributed by atoms with Crippen LogP contribution < -0.4 is 9.62 Å². The molecule has 1 saturated carbocycles. The molecule has 7 nitrogen and oxygen atoms in total. The number of nitrogens with zero attached hydrogens (tertiary/aromatic N) is 2. The molecule has 1 N–H and O–H groups in total. The third-order valence-electron chi connectivity index (χ3n) is 6.28. The Hall–Kier alpha value is -2.87. The van der Waals surface area contributed by atoms with Crippen LogP contribution >= 0.6 is 0 Å². The lowest BCUT2D eigenvalue weighted by atomic mass is 9.95. The van der Waals surface area contributed by atoms with Gasteiger partial charge in [0.1, 0.15) is 12.6 Å². The van der Waals surface area contributed by atoms with Gasteiger partial charge in [-0.2, -0.15) is 0 Å². The van der Waals surface area contributed by atoms with E-state index in [9.17, 15) is 18.0 Å². The highest BCUT2D eigenvalue weighted by Crippen LogP contribution is 2.21. The summed E-state index contributed by atoms with van der Waals surface area (Å²) in [6.07, 6.45) is 6.34. The largest absolute Gasteiger partial charge is 0.352 e. The van der Waals surface area contributed by atoms with Gasteiger partial charge in [0, 0.05) is 12.6 Å². The summed E-state index contributed by atoms with van der Waals surface area (Å²) in [4.78, 5) is 28.1. The first kappa shape index (κ1) is 25.7. The van der Waals surface area contributed by atoms with Crippen molar-refractivity contribution in [2.45, 2.75) is 64.6 Å². The highest BCUT2D eigenvalue weighted by atomic mass is 32.2. The van der Waals surface area contributed by atoms with Crippen molar-refractivity contribution < 1.29 is 18.0 Å². The zero-order valence-corrected chi connectivity index (χ0v) is 21.1. The van der Waals surface area contributed by atoms with E-state index in [2.05, 4.69) is 5.32 Å². The van der Waals surface area contributed by atoms with Crippen LogP contribution in [0.25, 0.3) is 0 Å². The molecule has 0 aliphatic heterocycles. The Morgan fingerprint density at radius 3 is 2.32 bits per heavy atom. The third-order valence-corrected chi connectivity index (χ3v) is 7.42. The molecule has 1 atom stereocenters. The molecule has 0 spiro atoms. The maximum absolute atomic E-state index is 13.5. The molecule has 0 aromatic heterocycles. The first-order valence-corrected chi connectivity index (χ1v) is 13.7. The number of hydrogen-bond donors (Lipinski definition) is 1. The fourth-order valence-corrected chi connectivity index (χ4v) is 5.17. The minimum Gasteiger partial charge on any atom is -0.352 e. The number of carbonyl (C=O) groups excluding carboxylic acids is 2. The molecule has 3 rings (SSSR count).